The summed E-state index contributed by atoms with van der Waals surface area (Å²) in [4.78, 5) is 0. The Balaban J connectivity index is 2.11. The summed E-state index contributed by atoms with van der Waals surface area (Å²) in [5.74, 6) is 0. The van der Waals surface area contributed by atoms with Gasteiger partial charge in [0.05, 0.1) is 10.9 Å². The van der Waals surface area contributed by atoms with Crippen LogP contribution in [0.25, 0.3) is 0 Å². The van der Waals surface area contributed by atoms with Crippen molar-refractivity contribution >= 4 is 10.0 Å². The second kappa shape index (κ2) is 3.18. The summed E-state index contributed by atoms with van der Waals surface area (Å²) in [6.07, 6.45) is 3.05. The monoisotopic (exact) mass is 219 g/mol. The average molecular weight is 219 g/mol. The summed E-state index contributed by atoms with van der Waals surface area (Å²) in [7, 11) is -3.09. The molecule has 1 atom stereocenters. The maximum absolute atomic E-state index is 11.9. The third kappa shape index (κ3) is 1.94. The van der Waals surface area contributed by atoms with Crippen LogP contribution in [0.5, 0.6) is 0 Å². The van der Waals surface area contributed by atoms with Gasteiger partial charge in [0.15, 0.2) is 0 Å². The fourth-order valence-corrected chi connectivity index (χ4v) is 3.96. The van der Waals surface area contributed by atoms with Gasteiger partial charge in [-0.25, -0.2) is 8.42 Å². The van der Waals surface area contributed by atoms with Crippen molar-refractivity contribution in [2.24, 2.45) is 0 Å². The van der Waals surface area contributed by atoms with E-state index >= 15 is 0 Å². The lowest BCUT2D eigenvalue weighted by Crippen LogP contribution is -2.49. The van der Waals surface area contributed by atoms with Crippen molar-refractivity contribution in [1.82, 2.24) is 4.31 Å². The predicted octanol–water partition coefficient (Wildman–Crippen LogP) is 0.325. The van der Waals surface area contributed by atoms with Crippen molar-refractivity contribution in [3.63, 3.8) is 0 Å². The largest absolute Gasteiger partial charge is 0.389 e. The molecule has 0 spiro atoms. The molecule has 0 bridgehead atoms. The summed E-state index contributed by atoms with van der Waals surface area (Å²) < 4.78 is 25.2. The van der Waals surface area contributed by atoms with E-state index in [0.717, 1.165) is 19.3 Å². The van der Waals surface area contributed by atoms with Crippen LogP contribution < -0.4 is 0 Å². The summed E-state index contributed by atoms with van der Waals surface area (Å²) in [5, 5.41) is 9.65. The van der Waals surface area contributed by atoms with Crippen LogP contribution in [0.4, 0.5) is 0 Å². The van der Waals surface area contributed by atoms with Gasteiger partial charge in [-0.1, -0.05) is 0 Å². The highest BCUT2D eigenvalue weighted by molar-refractivity contribution is 7.90. The minimum absolute atomic E-state index is 0.156. The summed E-state index contributed by atoms with van der Waals surface area (Å²) in [6.45, 7) is 2.56. The van der Waals surface area contributed by atoms with Gasteiger partial charge in [-0.2, -0.15) is 4.31 Å². The molecule has 1 aliphatic heterocycles. The van der Waals surface area contributed by atoms with Crippen molar-refractivity contribution in [1.29, 1.82) is 0 Å². The zero-order valence-corrected chi connectivity index (χ0v) is 9.26. The van der Waals surface area contributed by atoms with Gasteiger partial charge in [-0.3, -0.25) is 0 Å². The minimum Gasteiger partial charge on any atom is -0.389 e. The van der Waals surface area contributed by atoms with E-state index in [9.17, 15) is 13.5 Å². The van der Waals surface area contributed by atoms with Crippen molar-refractivity contribution in [3.05, 3.63) is 0 Å². The number of hydrogen-bond donors (Lipinski definition) is 1. The second-order valence-corrected chi connectivity index (χ2v) is 6.89. The van der Waals surface area contributed by atoms with E-state index in [0.29, 0.717) is 13.0 Å². The highest BCUT2D eigenvalue weighted by Gasteiger charge is 2.43. The molecule has 0 aromatic heterocycles. The number of piperidine rings is 1. The maximum atomic E-state index is 11.9. The molecule has 2 rings (SSSR count). The molecule has 4 nitrogen and oxygen atoms in total. The molecule has 1 unspecified atom stereocenters. The molecule has 1 heterocycles. The van der Waals surface area contributed by atoms with Crippen LogP contribution >= 0.6 is 0 Å². The molecule has 1 saturated carbocycles. The highest BCUT2D eigenvalue weighted by Crippen LogP contribution is 2.33. The average Bonchev–Trinajstić information content (AvgIpc) is 2.84. The number of β-amino-alcohol motifs (C(OH)–C–C–N with tert-alkyl or cyclic N) is 1. The minimum atomic E-state index is -3.09. The van der Waals surface area contributed by atoms with Crippen LogP contribution in [0.3, 0.4) is 0 Å². The Kier molecular flexibility index (Phi) is 2.36. The van der Waals surface area contributed by atoms with E-state index in [1.54, 1.807) is 6.92 Å². The number of aliphatic hydroxyl groups is 1. The van der Waals surface area contributed by atoms with Crippen LogP contribution in [-0.2, 0) is 10.0 Å². The molecule has 2 aliphatic rings. The van der Waals surface area contributed by atoms with Gasteiger partial charge in [0.2, 0.25) is 10.0 Å². The van der Waals surface area contributed by atoms with E-state index in [2.05, 4.69) is 0 Å². The van der Waals surface area contributed by atoms with Crippen molar-refractivity contribution < 1.29 is 13.5 Å². The topological polar surface area (TPSA) is 57.6 Å². The smallest absolute Gasteiger partial charge is 0.217 e. The lowest BCUT2D eigenvalue weighted by Gasteiger charge is -2.36. The molecule has 82 valence electrons. The second-order valence-electron chi connectivity index (χ2n) is 4.68. The van der Waals surface area contributed by atoms with Crippen LogP contribution in [0.15, 0.2) is 0 Å². The maximum Gasteiger partial charge on any atom is 0.217 e. The first kappa shape index (κ1) is 10.4. The Labute approximate surface area is 85.0 Å². The zero-order valence-electron chi connectivity index (χ0n) is 8.44. The number of hydrogen-bond acceptors (Lipinski definition) is 3. The van der Waals surface area contributed by atoms with Gasteiger partial charge in [-0.05, 0) is 32.6 Å². The van der Waals surface area contributed by atoms with Gasteiger partial charge in [-0.15, -0.1) is 0 Å². The predicted molar refractivity (Wildman–Crippen MR) is 53.4 cm³/mol. The molecule has 1 aliphatic carbocycles. The van der Waals surface area contributed by atoms with Crippen molar-refractivity contribution in [3.8, 4) is 0 Å². The van der Waals surface area contributed by atoms with Gasteiger partial charge >= 0.3 is 0 Å². The SMILES string of the molecule is CC1(O)CCCN(S(=O)(=O)C2CC2)C1. The normalized spacial score (nSPS) is 35.9. The molecule has 1 N–H and O–H groups in total. The molecule has 0 radical (unpaired) electrons. The molecule has 1 saturated heterocycles. The van der Waals surface area contributed by atoms with Gasteiger partial charge in [0.1, 0.15) is 0 Å². The van der Waals surface area contributed by atoms with Crippen LogP contribution in [-0.4, -0.2) is 41.8 Å². The molecule has 0 aromatic carbocycles. The van der Waals surface area contributed by atoms with Crippen LogP contribution in [0.1, 0.15) is 32.6 Å². The number of rotatable bonds is 2. The molecular weight excluding hydrogens is 202 g/mol. The van der Waals surface area contributed by atoms with E-state index in [1.807, 2.05) is 0 Å². The van der Waals surface area contributed by atoms with E-state index in [4.69, 9.17) is 0 Å². The first-order chi connectivity index (χ1) is 6.42. The van der Waals surface area contributed by atoms with Gasteiger partial charge in [0, 0.05) is 13.1 Å². The van der Waals surface area contributed by atoms with Gasteiger partial charge in [0.25, 0.3) is 0 Å². The molecule has 2 fully saturated rings. The lowest BCUT2D eigenvalue weighted by molar-refractivity contribution is 0.00936. The van der Waals surface area contributed by atoms with E-state index in [1.165, 1.54) is 4.31 Å². The van der Waals surface area contributed by atoms with Crippen molar-refractivity contribution in [2.45, 2.75) is 43.5 Å². The third-order valence-electron chi connectivity index (χ3n) is 2.95. The Morgan fingerprint density at radius 3 is 2.57 bits per heavy atom. The third-order valence-corrected chi connectivity index (χ3v) is 5.29. The first-order valence-electron chi connectivity index (χ1n) is 5.13. The Bertz CT molecular complexity index is 319. The first-order valence-corrected chi connectivity index (χ1v) is 6.63. The molecular formula is C9H17NO3S. The summed E-state index contributed by atoms with van der Waals surface area (Å²) in [5.41, 5.74) is -0.833. The van der Waals surface area contributed by atoms with Crippen LogP contribution in [0.2, 0.25) is 0 Å². The number of sulfonamides is 1. The van der Waals surface area contributed by atoms with Crippen molar-refractivity contribution in [2.75, 3.05) is 13.1 Å². The standard InChI is InChI=1S/C9H17NO3S/c1-9(11)5-2-6-10(7-9)14(12,13)8-3-4-8/h8,11H,2-7H2,1H3. The highest BCUT2D eigenvalue weighted by atomic mass is 32.2. The summed E-state index contributed by atoms with van der Waals surface area (Å²) in [6, 6.07) is 0. The fraction of sp³-hybridized carbons (Fsp3) is 1.00. The number of nitrogens with zero attached hydrogens (tertiary/aromatic N) is 1. The Morgan fingerprint density at radius 2 is 2.07 bits per heavy atom. The zero-order chi connectivity index (χ0) is 10.4. The van der Waals surface area contributed by atoms with Gasteiger partial charge < -0.3 is 5.11 Å². The fourth-order valence-electron chi connectivity index (χ4n) is 1.97. The molecule has 5 heteroatoms. The molecule has 14 heavy (non-hydrogen) atoms. The Hall–Kier alpha value is -0.130. The van der Waals surface area contributed by atoms with Crippen LogP contribution in [0, 0.1) is 0 Å². The molecule has 0 aromatic rings. The quantitative estimate of drug-likeness (QED) is 0.728. The molecule has 0 amide bonds. The lowest BCUT2D eigenvalue weighted by atomic mass is 9.97. The Morgan fingerprint density at radius 1 is 1.43 bits per heavy atom. The van der Waals surface area contributed by atoms with E-state index in [-0.39, 0.29) is 11.8 Å². The van der Waals surface area contributed by atoms with E-state index < -0.39 is 15.6 Å². The summed E-state index contributed by atoms with van der Waals surface area (Å²) >= 11 is 0.